The van der Waals surface area contributed by atoms with Gasteiger partial charge in [0.1, 0.15) is 0 Å². The maximum atomic E-state index is 12.5. The minimum Gasteiger partial charge on any atom is -0.373 e. The van der Waals surface area contributed by atoms with Crippen LogP contribution in [0.4, 0.5) is 0 Å². The van der Waals surface area contributed by atoms with Gasteiger partial charge in [0.25, 0.3) is 0 Å². The van der Waals surface area contributed by atoms with Gasteiger partial charge in [-0.05, 0) is 44.2 Å². The van der Waals surface area contributed by atoms with Crippen LogP contribution in [0.25, 0.3) is 0 Å². The van der Waals surface area contributed by atoms with Crippen LogP contribution in [0.1, 0.15) is 50.7 Å². The van der Waals surface area contributed by atoms with Crippen LogP contribution in [-0.4, -0.2) is 48.6 Å². The second kappa shape index (κ2) is 11.0. The van der Waals surface area contributed by atoms with Gasteiger partial charge in [0.05, 0.1) is 12.1 Å². The zero-order valence-electron chi connectivity index (χ0n) is 17.0. The molecule has 2 N–H and O–H groups in total. The van der Waals surface area contributed by atoms with Crippen LogP contribution in [0.3, 0.4) is 0 Å². The van der Waals surface area contributed by atoms with E-state index in [1.54, 1.807) is 0 Å². The Hall–Kier alpha value is -1.35. The first kappa shape index (κ1) is 22.9. The average molecular weight is 500 g/mol. The molecule has 6 nitrogen and oxygen atoms in total. The van der Waals surface area contributed by atoms with Gasteiger partial charge in [0.15, 0.2) is 5.96 Å². The lowest BCUT2D eigenvalue weighted by atomic mass is 10.0. The van der Waals surface area contributed by atoms with E-state index in [9.17, 15) is 4.79 Å². The van der Waals surface area contributed by atoms with Crippen molar-refractivity contribution in [3.05, 3.63) is 35.4 Å². The Morgan fingerprint density at radius 3 is 2.57 bits per heavy atom. The van der Waals surface area contributed by atoms with Gasteiger partial charge in [0, 0.05) is 39.2 Å². The number of hydrogen-bond donors (Lipinski definition) is 2. The largest absolute Gasteiger partial charge is 0.373 e. The van der Waals surface area contributed by atoms with Crippen molar-refractivity contribution in [2.75, 3.05) is 26.2 Å². The monoisotopic (exact) mass is 500 g/mol. The first-order valence-electron chi connectivity index (χ1n) is 10.1. The van der Waals surface area contributed by atoms with Crippen LogP contribution in [-0.2, 0) is 22.6 Å². The Kier molecular flexibility index (Phi) is 9.01. The van der Waals surface area contributed by atoms with Crippen molar-refractivity contribution in [3.63, 3.8) is 0 Å². The van der Waals surface area contributed by atoms with Gasteiger partial charge >= 0.3 is 0 Å². The van der Waals surface area contributed by atoms with Gasteiger partial charge in [-0.1, -0.05) is 24.3 Å². The van der Waals surface area contributed by atoms with E-state index in [0.29, 0.717) is 13.0 Å². The molecule has 156 valence electrons. The second-order valence-electron chi connectivity index (χ2n) is 7.65. The van der Waals surface area contributed by atoms with Gasteiger partial charge in [-0.25, -0.2) is 0 Å². The third kappa shape index (κ3) is 6.34. The van der Waals surface area contributed by atoms with Crippen LogP contribution in [0.2, 0.25) is 0 Å². The van der Waals surface area contributed by atoms with E-state index >= 15 is 0 Å². The molecule has 1 aromatic carbocycles. The lowest BCUT2D eigenvalue weighted by molar-refractivity contribution is -0.131. The molecule has 1 saturated heterocycles. The molecule has 1 atom stereocenters. The molecule has 7 heteroatoms. The first-order chi connectivity index (χ1) is 13.1. The van der Waals surface area contributed by atoms with Crippen LogP contribution in [0.5, 0.6) is 0 Å². The fraction of sp³-hybridized carbons (Fsp3) is 0.619. The molecule has 2 aliphatic heterocycles. The third-order valence-corrected chi connectivity index (χ3v) is 5.27. The maximum absolute atomic E-state index is 12.5. The van der Waals surface area contributed by atoms with E-state index in [4.69, 9.17) is 4.74 Å². The number of carbonyl (C=O) groups is 1. The standard InChI is InChI=1S/C21H32N4O2.HI/c1-3-22-20(24-16-21(2)11-7-13-27-21)23-12-6-10-19(26)25-14-17-8-4-5-9-18(17)15-25;/h4-5,8-9H,3,6-7,10-16H2,1-2H3,(H2,22,23,24);1H. The molecule has 2 aliphatic rings. The summed E-state index contributed by atoms with van der Waals surface area (Å²) in [5, 5.41) is 6.60. The van der Waals surface area contributed by atoms with Crippen molar-refractivity contribution in [1.82, 2.24) is 15.5 Å². The number of ether oxygens (including phenoxy) is 1. The normalized spacial score (nSPS) is 21.2. The Balaban J connectivity index is 0.00000280. The van der Waals surface area contributed by atoms with Crippen LogP contribution in [0.15, 0.2) is 29.3 Å². The molecule has 28 heavy (non-hydrogen) atoms. The quantitative estimate of drug-likeness (QED) is 0.262. The van der Waals surface area contributed by atoms with E-state index < -0.39 is 0 Å². The summed E-state index contributed by atoms with van der Waals surface area (Å²) in [5.74, 6) is 1.03. The molecule has 1 amide bonds. The molecule has 1 aromatic rings. The number of fused-ring (bicyclic) bond motifs is 1. The molecule has 0 bridgehead atoms. The van der Waals surface area contributed by atoms with Gasteiger partial charge in [-0.2, -0.15) is 0 Å². The number of rotatable bonds is 7. The topological polar surface area (TPSA) is 66.0 Å². The average Bonchev–Trinajstić information content (AvgIpc) is 3.29. The molecule has 0 aliphatic carbocycles. The number of carbonyl (C=O) groups excluding carboxylic acids is 1. The molecular weight excluding hydrogens is 467 g/mol. The van der Waals surface area contributed by atoms with Crippen molar-refractivity contribution >= 4 is 35.8 Å². The number of nitrogens with zero attached hydrogens (tertiary/aromatic N) is 2. The SMILES string of the molecule is CCNC(=NCC1(C)CCCO1)NCCCC(=O)N1Cc2ccccc2C1.I. The minimum atomic E-state index is -0.136. The van der Waals surface area contributed by atoms with Gasteiger partial charge < -0.3 is 20.3 Å². The van der Waals surface area contributed by atoms with Crippen LogP contribution < -0.4 is 10.6 Å². The van der Waals surface area contributed by atoms with Crippen molar-refractivity contribution < 1.29 is 9.53 Å². The number of halogens is 1. The lowest BCUT2D eigenvalue weighted by Crippen LogP contribution is -2.40. The number of benzene rings is 1. The van der Waals surface area contributed by atoms with Gasteiger partial charge in [-0.3, -0.25) is 9.79 Å². The van der Waals surface area contributed by atoms with Crippen LogP contribution >= 0.6 is 24.0 Å². The van der Waals surface area contributed by atoms with Gasteiger partial charge in [0.2, 0.25) is 5.91 Å². The number of amides is 1. The van der Waals surface area contributed by atoms with Crippen molar-refractivity contribution in [3.8, 4) is 0 Å². The smallest absolute Gasteiger partial charge is 0.223 e. The van der Waals surface area contributed by atoms with E-state index in [1.165, 1.54) is 11.1 Å². The van der Waals surface area contributed by atoms with E-state index in [1.807, 2.05) is 17.0 Å². The zero-order valence-corrected chi connectivity index (χ0v) is 19.3. The fourth-order valence-corrected chi connectivity index (χ4v) is 3.66. The molecule has 1 fully saturated rings. The summed E-state index contributed by atoms with van der Waals surface area (Å²) < 4.78 is 5.80. The molecule has 0 saturated carbocycles. The van der Waals surface area contributed by atoms with Gasteiger partial charge in [-0.15, -0.1) is 24.0 Å². The number of hydrogen-bond acceptors (Lipinski definition) is 3. The summed E-state index contributed by atoms with van der Waals surface area (Å²) in [6, 6.07) is 8.29. The predicted octanol–water partition coefficient (Wildman–Crippen LogP) is 3.05. The highest BCUT2D eigenvalue weighted by Crippen LogP contribution is 2.25. The van der Waals surface area contributed by atoms with Crippen LogP contribution in [0, 0.1) is 0 Å². The first-order valence-corrected chi connectivity index (χ1v) is 10.1. The molecule has 0 spiro atoms. The molecule has 1 unspecified atom stereocenters. The maximum Gasteiger partial charge on any atom is 0.223 e. The summed E-state index contributed by atoms with van der Waals surface area (Å²) in [7, 11) is 0. The number of nitrogens with one attached hydrogen (secondary N) is 2. The summed E-state index contributed by atoms with van der Waals surface area (Å²) >= 11 is 0. The van der Waals surface area contributed by atoms with Crippen molar-refractivity contribution in [2.24, 2.45) is 4.99 Å². The van der Waals surface area contributed by atoms with Crippen molar-refractivity contribution in [1.29, 1.82) is 0 Å². The Morgan fingerprint density at radius 2 is 1.96 bits per heavy atom. The summed E-state index contributed by atoms with van der Waals surface area (Å²) in [6.45, 7) is 8.70. The highest BCUT2D eigenvalue weighted by atomic mass is 127. The van der Waals surface area contributed by atoms with E-state index in [0.717, 1.165) is 58.0 Å². The highest BCUT2D eigenvalue weighted by molar-refractivity contribution is 14.0. The zero-order chi connectivity index (χ0) is 19.1. The summed E-state index contributed by atoms with van der Waals surface area (Å²) in [5.41, 5.74) is 2.41. The molecule has 0 radical (unpaired) electrons. The third-order valence-electron chi connectivity index (χ3n) is 5.27. The minimum absolute atomic E-state index is 0. The van der Waals surface area contributed by atoms with Crippen molar-refractivity contribution in [2.45, 2.75) is 58.2 Å². The molecule has 0 aromatic heterocycles. The second-order valence-corrected chi connectivity index (χ2v) is 7.65. The number of aliphatic imine (C=N–C) groups is 1. The van der Waals surface area contributed by atoms with E-state index in [2.05, 4.69) is 41.6 Å². The molecule has 3 rings (SSSR count). The molecule has 2 heterocycles. The Morgan fingerprint density at radius 1 is 1.25 bits per heavy atom. The molecular formula is C21H33IN4O2. The summed E-state index contributed by atoms with van der Waals surface area (Å²) in [4.78, 5) is 19.1. The summed E-state index contributed by atoms with van der Waals surface area (Å²) in [6.07, 6.45) is 3.52. The number of guanidine groups is 1. The Bertz CT molecular complexity index is 649. The lowest BCUT2D eigenvalue weighted by Gasteiger charge is -2.21. The Labute approximate surface area is 185 Å². The predicted molar refractivity (Wildman–Crippen MR) is 123 cm³/mol. The highest BCUT2D eigenvalue weighted by Gasteiger charge is 2.29. The fourth-order valence-electron chi connectivity index (χ4n) is 3.66. The van der Waals surface area contributed by atoms with E-state index in [-0.39, 0.29) is 35.5 Å².